The van der Waals surface area contributed by atoms with Crippen molar-refractivity contribution < 1.29 is 14.3 Å². The molecule has 1 aromatic heterocycles. The number of benzene rings is 1. The van der Waals surface area contributed by atoms with Crippen molar-refractivity contribution in [2.24, 2.45) is 5.92 Å². The number of nitrogens with zero attached hydrogens (tertiary/aromatic N) is 3. The molecule has 2 amide bonds. The first-order valence-corrected chi connectivity index (χ1v) is 10.9. The lowest BCUT2D eigenvalue weighted by Crippen LogP contribution is -2.49. The smallest absolute Gasteiger partial charge is 0.258 e. The number of aryl methyl sites for hydroxylation is 1. The number of carbonyl (C=O) groups is 2. The molecule has 0 spiro atoms. The number of fused-ring (bicyclic) bond motifs is 1. The van der Waals surface area contributed by atoms with Crippen molar-refractivity contribution in [1.82, 2.24) is 20.0 Å². The largest absolute Gasteiger partial charge is 0.496 e. The summed E-state index contributed by atoms with van der Waals surface area (Å²) in [6.07, 6.45) is 9.55. The molecule has 0 radical (unpaired) electrons. The van der Waals surface area contributed by atoms with Crippen molar-refractivity contribution in [1.29, 1.82) is 0 Å². The average molecular weight is 411 g/mol. The molecular weight excluding hydrogens is 380 g/mol. The van der Waals surface area contributed by atoms with Crippen LogP contribution >= 0.6 is 0 Å². The molecule has 2 heterocycles. The summed E-state index contributed by atoms with van der Waals surface area (Å²) in [4.78, 5) is 28.5. The quantitative estimate of drug-likeness (QED) is 0.712. The zero-order chi connectivity index (χ0) is 20.9. The summed E-state index contributed by atoms with van der Waals surface area (Å²) in [6, 6.07) is 8.89. The highest BCUT2D eigenvalue weighted by molar-refractivity contribution is 6.00. The van der Waals surface area contributed by atoms with Crippen LogP contribution in [-0.4, -0.2) is 52.2 Å². The van der Waals surface area contributed by atoms with Crippen LogP contribution in [0.25, 0.3) is 0 Å². The topological polar surface area (TPSA) is 76.5 Å². The molecule has 1 saturated heterocycles. The van der Waals surface area contributed by atoms with Crippen molar-refractivity contribution in [3.63, 3.8) is 0 Å². The third-order valence-electron chi connectivity index (χ3n) is 6.39. The normalized spacial score (nSPS) is 23.1. The number of likely N-dealkylation sites (tertiary alicyclic amines) is 1. The Labute approximate surface area is 177 Å². The van der Waals surface area contributed by atoms with E-state index in [1.165, 1.54) is 6.42 Å². The fraction of sp³-hybridized carbons (Fsp3) is 0.522. The van der Waals surface area contributed by atoms with Crippen molar-refractivity contribution in [2.75, 3.05) is 13.7 Å². The maximum atomic E-state index is 13.5. The minimum absolute atomic E-state index is 0.0480. The van der Waals surface area contributed by atoms with Gasteiger partial charge in [0.2, 0.25) is 5.91 Å². The molecule has 3 atom stereocenters. The van der Waals surface area contributed by atoms with Crippen LogP contribution < -0.4 is 10.1 Å². The van der Waals surface area contributed by atoms with Gasteiger partial charge >= 0.3 is 0 Å². The van der Waals surface area contributed by atoms with E-state index in [2.05, 4.69) is 10.4 Å². The molecule has 2 fully saturated rings. The van der Waals surface area contributed by atoms with Crippen LogP contribution in [0.15, 0.2) is 42.7 Å². The van der Waals surface area contributed by atoms with Crippen LogP contribution in [0.3, 0.4) is 0 Å². The van der Waals surface area contributed by atoms with Gasteiger partial charge in [-0.2, -0.15) is 5.10 Å². The van der Waals surface area contributed by atoms with Crippen LogP contribution in [0.2, 0.25) is 0 Å². The van der Waals surface area contributed by atoms with Crippen LogP contribution in [0, 0.1) is 5.92 Å². The third-order valence-corrected chi connectivity index (χ3v) is 6.39. The summed E-state index contributed by atoms with van der Waals surface area (Å²) in [5.41, 5.74) is 0.530. The van der Waals surface area contributed by atoms with E-state index in [1.54, 1.807) is 25.4 Å². The number of ether oxygens (including phenoxy) is 1. The number of hydrogen-bond acceptors (Lipinski definition) is 4. The van der Waals surface area contributed by atoms with Gasteiger partial charge in [-0.3, -0.25) is 14.3 Å². The van der Waals surface area contributed by atoms with E-state index in [9.17, 15) is 9.59 Å². The summed E-state index contributed by atoms with van der Waals surface area (Å²) < 4.78 is 7.27. The molecule has 1 N–H and O–H groups in total. The van der Waals surface area contributed by atoms with Crippen LogP contribution in [0.1, 0.15) is 48.9 Å². The molecule has 1 aliphatic heterocycles. The molecule has 7 heteroatoms. The van der Waals surface area contributed by atoms with Gasteiger partial charge < -0.3 is 15.0 Å². The zero-order valence-electron chi connectivity index (χ0n) is 17.5. The second-order valence-corrected chi connectivity index (χ2v) is 8.19. The molecule has 30 heavy (non-hydrogen) atoms. The lowest BCUT2D eigenvalue weighted by atomic mass is 9.84. The van der Waals surface area contributed by atoms with Gasteiger partial charge in [-0.05, 0) is 49.8 Å². The standard InChI is InChI=1S/C23H30N4O3/c1-30-21-11-5-3-9-18(21)23(29)27-19-10-4-2-8-17(19)16-20(27)22(28)24-12-6-14-26-15-7-13-25-26/h3,5,7,9,11,13,15,17,19-20H,2,4,6,8,10,12,14,16H2,1H3,(H,24,28)/t17-,19-,20+/m1/s1. The summed E-state index contributed by atoms with van der Waals surface area (Å²) >= 11 is 0. The van der Waals surface area contributed by atoms with E-state index >= 15 is 0 Å². The van der Waals surface area contributed by atoms with Gasteiger partial charge in [0.15, 0.2) is 0 Å². The van der Waals surface area contributed by atoms with Crippen molar-refractivity contribution in [3.05, 3.63) is 48.3 Å². The zero-order valence-corrected chi connectivity index (χ0v) is 17.5. The summed E-state index contributed by atoms with van der Waals surface area (Å²) in [5.74, 6) is 0.809. The van der Waals surface area contributed by atoms with Gasteiger partial charge in [0.05, 0.1) is 12.7 Å². The molecule has 1 aliphatic carbocycles. The Morgan fingerprint density at radius 3 is 2.83 bits per heavy atom. The molecule has 160 valence electrons. The van der Waals surface area contributed by atoms with Crippen LogP contribution in [-0.2, 0) is 11.3 Å². The van der Waals surface area contributed by atoms with Gasteiger partial charge in [0.25, 0.3) is 5.91 Å². The molecule has 2 aromatic rings. The summed E-state index contributed by atoms with van der Waals surface area (Å²) in [5, 5.41) is 7.24. The number of rotatable bonds is 7. The summed E-state index contributed by atoms with van der Waals surface area (Å²) in [6.45, 7) is 1.33. The first-order chi connectivity index (χ1) is 14.7. The van der Waals surface area contributed by atoms with Gasteiger partial charge in [-0.1, -0.05) is 25.0 Å². The van der Waals surface area contributed by atoms with E-state index in [1.807, 2.05) is 34.0 Å². The van der Waals surface area contributed by atoms with E-state index in [-0.39, 0.29) is 17.9 Å². The number of para-hydroxylation sites is 1. The number of amides is 2. The van der Waals surface area contributed by atoms with E-state index in [4.69, 9.17) is 4.74 Å². The lowest BCUT2D eigenvalue weighted by molar-refractivity contribution is -0.125. The monoisotopic (exact) mass is 410 g/mol. The minimum atomic E-state index is -0.416. The molecular formula is C23H30N4O3. The Kier molecular flexibility index (Phi) is 6.35. The Morgan fingerprint density at radius 2 is 2.03 bits per heavy atom. The van der Waals surface area contributed by atoms with Gasteiger partial charge in [-0.15, -0.1) is 0 Å². The van der Waals surface area contributed by atoms with Gasteiger partial charge in [0, 0.05) is 31.5 Å². The molecule has 0 unspecified atom stereocenters. The van der Waals surface area contributed by atoms with Crippen molar-refractivity contribution in [3.8, 4) is 5.75 Å². The van der Waals surface area contributed by atoms with Crippen molar-refractivity contribution >= 4 is 11.8 Å². The van der Waals surface area contributed by atoms with E-state index in [0.717, 1.165) is 38.6 Å². The lowest BCUT2D eigenvalue weighted by Gasteiger charge is -2.34. The van der Waals surface area contributed by atoms with Gasteiger partial charge in [-0.25, -0.2) is 0 Å². The summed E-state index contributed by atoms with van der Waals surface area (Å²) in [7, 11) is 1.57. The van der Waals surface area contributed by atoms with Crippen LogP contribution in [0.4, 0.5) is 0 Å². The molecule has 2 aliphatic rings. The first-order valence-electron chi connectivity index (χ1n) is 10.9. The highest BCUT2D eigenvalue weighted by atomic mass is 16.5. The fourth-order valence-corrected chi connectivity index (χ4v) is 4.95. The second-order valence-electron chi connectivity index (χ2n) is 8.19. The Morgan fingerprint density at radius 1 is 1.20 bits per heavy atom. The second kappa shape index (κ2) is 9.32. The van der Waals surface area contributed by atoms with Crippen LogP contribution in [0.5, 0.6) is 5.75 Å². The van der Waals surface area contributed by atoms with E-state index in [0.29, 0.717) is 23.8 Å². The van der Waals surface area contributed by atoms with E-state index < -0.39 is 6.04 Å². The van der Waals surface area contributed by atoms with Gasteiger partial charge in [0.1, 0.15) is 11.8 Å². The third kappa shape index (κ3) is 4.20. The number of aromatic nitrogens is 2. The number of carbonyl (C=O) groups excluding carboxylic acids is 2. The average Bonchev–Trinajstić information content (AvgIpc) is 3.43. The molecule has 1 aromatic carbocycles. The van der Waals surface area contributed by atoms with Crippen molar-refractivity contribution in [2.45, 2.75) is 57.2 Å². The predicted molar refractivity (Wildman–Crippen MR) is 113 cm³/mol. The highest BCUT2D eigenvalue weighted by Crippen LogP contribution is 2.41. The Balaban J connectivity index is 1.47. The Hall–Kier alpha value is -2.83. The molecule has 7 nitrogen and oxygen atoms in total. The molecule has 0 bridgehead atoms. The highest BCUT2D eigenvalue weighted by Gasteiger charge is 2.47. The maximum absolute atomic E-state index is 13.5. The maximum Gasteiger partial charge on any atom is 0.258 e. The number of methoxy groups -OCH3 is 1. The number of hydrogen-bond donors (Lipinski definition) is 1. The molecule has 4 rings (SSSR count). The fourth-order valence-electron chi connectivity index (χ4n) is 4.95. The first kappa shape index (κ1) is 20.4. The number of nitrogens with one attached hydrogen (secondary N) is 1. The Bertz CT molecular complexity index is 867. The SMILES string of the molecule is COc1ccccc1C(=O)N1[C@@H]2CCCC[C@@H]2C[C@H]1C(=O)NCCCn1cccn1. The predicted octanol–water partition coefficient (Wildman–Crippen LogP) is 2.87. The minimum Gasteiger partial charge on any atom is -0.496 e. The molecule has 1 saturated carbocycles.